The van der Waals surface area contributed by atoms with Crippen LogP contribution < -0.4 is 10.5 Å². The molecule has 0 saturated heterocycles. The van der Waals surface area contributed by atoms with Crippen molar-refractivity contribution < 1.29 is 26.4 Å². The first-order valence-corrected chi connectivity index (χ1v) is 17.3. The van der Waals surface area contributed by atoms with E-state index in [9.17, 15) is 21.6 Å². The molecule has 0 aliphatic heterocycles. The molecule has 2 heterocycles. The van der Waals surface area contributed by atoms with Crippen molar-refractivity contribution >= 4 is 48.5 Å². The minimum Gasteiger partial charge on any atom is -0.462 e. The van der Waals surface area contributed by atoms with Gasteiger partial charge in [0.2, 0.25) is 10.0 Å². The first kappa shape index (κ1) is 30.5. The summed E-state index contributed by atoms with van der Waals surface area (Å²) in [5, 5.41) is 10.5. The molecule has 3 aromatic rings. The van der Waals surface area contributed by atoms with Crippen molar-refractivity contribution in [3.8, 4) is 11.1 Å². The largest absolute Gasteiger partial charge is 0.462 e. The number of unbranched alkanes of at least 4 members (excludes halogenated alkanes) is 1. The third-order valence-corrected chi connectivity index (χ3v) is 11.5. The van der Waals surface area contributed by atoms with Crippen molar-refractivity contribution in [1.29, 1.82) is 0 Å². The topological polar surface area (TPSA) is 133 Å². The Balaban J connectivity index is 1.91. The highest BCUT2D eigenvalue weighted by atomic mass is 32.2. The highest BCUT2D eigenvalue weighted by molar-refractivity contribution is 7.93. The number of hydrogen-bond donors (Lipinski definition) is 2. The molecule has 0 aliphatic carbocycles. The SMILES string of the molecule is CCCCOC(=O)c1c(CC(C)C)sc(S(N)(=O)=O)c1-c1cccc(CNCCS(=O)(=O)c2cccs2)c1. The Labute approximate surface area is 233 Å². The van der Waals surface area contributed by atoms with E-state index in [-0.39, 0.29) is 40.2 Å². The van der Waals surface area contributed by atoms with Crippen LogP contribution in [0.25, 0.3) is 11.1 Å². The number of benzene rings is 1. The lowest BCUT2D eigenvalue weighted by molar-refractivity contribution is 0.0500. The van der Waals surface area contributed by atoms with Crippen LogP contribution in [0.1, 0.15) is 54.4 Å². The van der Waals surface area contributed by atoms with Gasteiger partial charge in [0.25, 0.3) is 0 Å². The average Bonchev–Trinajstić information content (AvgIpc) is 3.51. The maximum Gasteiger partial charge on any atom is 0.339 e. The molecule has 3 N–H and O–H groups in total. The minimum absolute atomic E-state index is 0.0421. The summed E-state index contributed by atoms with van der Waals surface area (Å²) in [6.07, 6.45) is 2.07. The molecule has 2 aromatic heterocycles. The number of primary sulfonamides is 1. The van der Waals surface area contributed by atoms with Gasteiger partial charge in [-0.3, -0.25) is 0 Å². The van der Waals surface area contributed by atoms with E-state index >= 15 is 0 Å². The molecule has 208 valence electrons. The Morgan fingerprint density at radius 2 is 1.89 bits per heavy atom. The summed E-state index contributed by atoms with van der Waals surface area (Å²) in [4.78, 5) is 13.9. The number of carbonyl (C=O) groups excluding carboxylic acids is 1. The molecule has 12 heteroatoms. The fourth-order valence-electron chi connectivity index (χ4n) is 3.85. The van der Waals surface area contributed by atoms with Crippen LogP contribution in [0.3, 0.4) is 0 Å². The Morgan fingerprint density at radius 1 is 1.13 bits per heavy atom. The predicted octanol–water partition coefficient (Wildman–Crippen LogP) is 4.84. The normalized spacial score (nSPS) is 12.2. The monoisotopic (exact) mass is 598 g/mol. The fraction of sp³-hybridized carbons (Fsp3) is 0.423. The van der Waals surface area contributed by atoms with Gasteiger partial charge in [0.05, 0.1) is 17.9 Å². The Bertz CT molecular complexity index is 1440. The lowest BCUT2D eigenvalue weighted by Gasteiger charge is -2.12. The van der Waals surface area contributed by atoms with Crippen molar-refractivity contribution in [3.05, 3.63) is 57.8 Å². The van der Waals surface area contributed by atoms with Gasteiger partial charge >= 0.3 is 5.97 Å². The zero-order valence-corrected chi connectivity index (χ0v) is 25.0. The minimum atomic E-state index is -4.12. The molecule has 0 spiro atoms. The number of carbonyl (C=O) groups is 1. The van der Waals surface area contributed by atoms with Crippen molar-refractivity contribution in [3.63, 3.8) is 0 Å². The number of rotatable bonds is 14. The number of hydrogen-bond acceptors (Lipinski definition) is 9. The molecule has 0 unspecified atom stereocenters. The molecule has 3 rings (SSSR count). The standard InChI is InChI=1S/C26H34N2O6S4/c1-4-5-12-34-25(29)24-21(15-18(2)3)36-26(38(27,32)33)23(24)20-9-6-8-19(16-20)17-28-11-14-37(30,31)22-10-7-13-35-22/h6-10,13,16,18,28H,4-5,11-12,14-15,17H2,1-3H3,(H2,27,32,33). The van der Waals surface area contributed by atoms with Gasteiger partial charge in [0, 0.05) is 23.5 Å². The number of thiophene rings is 2. The number of sulfonamides is 1. The van der Waals surface area contributed by atoms with E-state index in [1.54, 1.807) is 35.7 Å². The van der Waals surface area contributed by atoms with Crippen molar-refractivity contribution in [1.82, 2.24) is 5.32 Å². The van der Waals surface area contributed by atoms with Gasteiger partial charge in [-0.1, -0.05) is 51.5 Å². The highest BCUT2D eigenvalue weighted by Gasteiger charge is 2.31. The van der Waals surface area contributed by atoms with Crippen LogP contribution in [0.4, 0.5) is 0 Å². The van der Waals surface area contributed by atoms with Gasteiger partial charge in [-0.05, 0) is 47.4 Å². The van der Waals surface area contributed by atoms with Crippen LogP contribution in [0, 0.1) is 5.92 Å². The molecule has 8 nitrogen and oxygen atoms in total. The summed E-state index contributed by atoms with van der Waals surface area (Å²) < 4.78 is 55.8. The Hall–Kier alpha value is -2.09. The van der Waals surface area contributed by atoms with E-state index in [2.05, 4.69) is 5.32 Å². The number of nitrogens with one attached hydrogen (secondary N) is 1. The Morgan fingerprint density at radius 3 is 2.53 bits per heavy atom. The van der Waals surface area contributed by atoms with Crippen molar-refractivity contribution in [2.24, 2.45) is 11.1 Å². The zero-order chi connectivity index (χ0) is 27.9. The first-order chi connectivity index (χ1) is 17.9. The molecule has 0 saturated carbocycles. The summed E-state index contributed by atoms with van der Waals surface area (Å²) in [5.74, 6) is -0.421. The molecule has 0 atom stereocenters. The van der Waals surface area contributed by atoms with Crippen LogP contribution in [0.5, 0.6) is 0 Å². The van der Waals surface area contributed by atoms with Crippen molar-refractivity contribution in [2.75, 3.05) is 18.9 Å². The molecule has 0 bridgehead atoms. The summed E-state index contributed by atoms with van der Waals surface area (Å²) in [5.41, 5.74) is 1.85. The maximum atomic E-state index is 13.2. The first-order valence-electron chi connectivity index (χ1n) is 12.4. The molecular formula is C26H34N2O6S4. The van der Waals surface area contributed by atoms with Crippen LogP contribution in [0.2, 0.25) is 0 Å². The second-order valence-corrected chi connectivity index (χ2v) is 15.5. The second-order valence-electron chi connectivity index (χ2n) is 9.32. The number of esters is 1. The second kappa shape index (κ2) is 13.3. The van der Waals surface area contributed by atoms with E-state index < -0.39 is 25.8 Å². The van der Waals surface area contributed by atoms with Gasteiger partial charge in [-0.2, -0.15) is 0 Å². The highest BCUT2D eigenvalue weighted by Crippen LogP contribution is 2.41. The van der Waals surface area contributed by atoms with E-state index in [1.165, 1.54) is 11.3 Å². The summed E-state index contributed by atoms with van der Waals surface area (Å²) in [7, 11) is -7.47. The average molecular weight is 599 g/mol. The summed E-state index contributed by atoms with van der Waals surface area (Å²) >= 11 is 2.21. The third kappa shape index (κ3) is 7.96. The van der Waals surface area contributed by atoms with Crippen molar-refractivity contribution in [2.45, 2.75) is 55.0 Å². The van der Waals surface area contributed by atoms with Gasteiger partial charge in [-0.25, -0.2) is 26.8 Å². The van der Waals surface area contributed by atoms with Gasteiger partial charge < -0.3 is 10.1 Å². The van der Waals surface area contributed by atoms with Crippen LogP contribution in [-0.2, 0) is 37.6 Å². The molecule has 0 amide bonds. The van der Waals surface area contributed by atoms with Crippen LogP contribution in [-0.4, -0.2) is 41.7 Å². The summed E-state index contributed by atoms with van der Waals surface area (Å²) in [6.45, 7) is 6.83. The molecular weight excluding hydrogens is 565 g/mol. The maximum absolute atomic E-state index is 13.2. The van der Waals surface area contributed by atoms with E-state index in [0.717, 1.165) is 23.3 Å². The molecule has 38 heavy (non-hydrogen) atoms. The number of nitrogens with two attached hydrogens (primary N) is 1. The lowest BCUT2D eigenvalue weighted by atomic mass is 9.98. The molecule has 0 aliphatic rings. The van der Waals surface area contributed by atoms with Crippen LogP contribution >= 0.6 is 22.7 Å². The number of sulfone groups is 1. The number of ether oxygens (including phenoxy) is 1. The predicted molar refractivity (Wildman–Crippen MR) is 153 cm³/mol. The van der Waals surface area contributed by atoms with Gasteiger partial charge in [0.15, 0.2) is 9.84 Å². The fourth-order valence-corrected chi connectivity index (χ4v) is 8.72. The smallest absolute Gasteiger partial charge is 0.339 e. The molecule has 0 radical (unpaired) electrons. The van der Waals surface area contributed by atoms with E-state index in [4.69, 9.17) is 9.88 Å². The third-order valence-electron chi connectivity index (χ3n) is 5.63. The van der Waals surface area contributed by atoms with E-state index in [0.29, 0.717) is 34.0 Å². The quantitative estimate of drug-likeness (QED) is 0.200. The van der Waals surface area contributed by atoms with E-state index in [1.807, 2.05) is 26.8 Å². The van der Waals surface area contributed by atoms with Gasteiger partial charge in [-0.15, -0.1) is 22.7 Å². The molecule has 0 fully saturated rings. The Kier molecular flexibility index (Phi) is 10.7. The van der Waals surface area contributed by atoms with Crippen LogP contribution in [0.15, 0.2) is 50.2 Å². The molecule has 1 aromatic carbocycles. The lowest BCUT2D eigenvalue weighted by Crippen LogP contribution is -2.22. The summed E-state index contributed by atoms with van der Waals surface area (Å²) in [6, 6.07) is 10.4. The van der Waals surface area contributed by atoms with Gasteiger partial charge in [0.1, 0.15) is 8.42 Å². The zero-order valence-electron chi connectivity index (χ0n) is 21.7.